The number of amides is 2. The molecule has 0 aromatic heterocycles. The maximum Gasteiger partial charge on any atom is 0.234 e. The van der Waals surface area contributed by atoms with Crippen molar-refractivity contribution in [2.24, 2.45) is 11.8 Å². The van der Waals surface area contributed by atoms with Crippen LogP contribution >= 0.6 is 0 Å². The molecular formula is C16H17FN2O2. The van der Waals surface area contributed by atoms with Gasteiger partial charge >= 0.3 is 0 Å². The van der Waals surface area contributed by atoms with Crippen LogP contribution in [0.15, 0.2) is 24.3 Å². The number of carbonyl (C=O) groups excluding carboxylic acids is 2. The Kier molecular flexibility index (Phi) is 2.70. The lowest BCUT2D eigenvalue weighted by atomic mass is 9.85. The van der Waals surface area contributed by atoms with E-state index in [0.717, 1.165) is 24.9 Å². The van der Waals surface area contributed by atoms with E-state index >= 15 is 0 Å². The average molecular weight is 288 g/mol. The Labute approximate surface area is 122 Å². The van der Waals surface area contributed by atoms with E-state index in [1.54, 1.807) is 19.2 Å². The number of halogens is 1. The molecule has 1 aromatic rings. The number of hydrogen-bond donors (Lipinski definition) is 0. The first kappa shape index (κ1) is 13.0. The van der Waals surface area contributed by atoms with Gasteiger partial charge in [0.1, 0.15) is 5.82 Å². The first-order chi connectivity index (χ1) is 10.1. The van der Waals surface area contributed by atoms with E-state index in [1.165, 1.54) is 17.0 Å². The molecule has 21 heavy (non-hydrogen) atoms. The zero-order chi connectivity index (χ0) is 14.7. The van der Waals surface area contributed by atoms with Crippen LogP contribution in [0.1, 0.15) is 24.4 Å². The quantitative estimate of drug-likeness (QED) is 0.737. The van der Waals surface area contributed by atoms with E-state index in [-0.39, 0.29) is 41.6 Å². The van der Waals surface area contributed by atoms with Crippen molar-refractivity contribution in [2.45, 2.75) is 24.9 Å². The van der Waals surface area contributed by atoms with Crippen molar-refractivity contribution in [1.29, 1.82) is 0 Å². The topological polar surface area (TPSA) is 40.6 Å². The van der Waals surface area contributed by atoms with Gasteiger partial charge in [-0.15, -0.1) is 0 Å². The highest BCUT2D eigenvalue weighted by atomic mass is 19.1. The fourth-order valence-electron chi connectivity index (χ4n) is 4.41. The third-order valence-electron chi connectivity index (χ3n) is 5.28. The smallest absolute Gasteiger partial charge is 0.234 e. The third-order valence-corrected chi connectivity index (χ3v) is 5.28. The van der Waals surface area contributed by atoms with Gasteiger partial charge < -0.3 is 0 Å². The predicted octanol–water partition coefficient (Wildman–Crippen LogP) is 1.58. The minimum atomic E-state index is -0.307. The summed E-state index contributed by atoms with van der Waals surface area (Å²) in [5.74, 6) is -0.948. The fraction of sp³-hybridized carbons (Fsp3) is 0.500. The standard InChI is InChI=1S/C16H17FN2O2/c1-18-15(20)12-11-3-2-8-19(11)14(13(12)16(18)21)9-4-6-10(17)7-5-9/h4-7,11-14H,2-3,8H2,1H3/t11-,12-,13-,14-/m0/s1. The second-order valence-corrected chi connectivity index (χ2v) is 6.23. The minimum Gasteiger partial charge on any atom is -0.292 e. The van der Waals surface area contributed by atoms with Gasteiger partial charge in [-0.1, -0.05) is 12.1 Å². The zero-order valence-electron chi connectivity index (χ0n) is 11.8. The third kappa shape index (κ3) is 1.64. The first-order valence-corrected chi connectivity index (χ1v) is 7.42. The summed E-state index contributed by atoms with van der Waals surface area (Å²) in [6.45, 7) is 0.907. The zero-order valence-corrected chi connectivity index (χ0v) is 11.8. The lowest BCUT2D eigenvalue weighted by molar-refractivity contribution is -0.139. The van der Waals surface area contributed by atoms with Crippen LogP contribution in [0.2, 0.25) is 0 Å². The maximum absolute atomic E-state index is 13.2. The Morgan fingerprint density at radius 3 is 2.48 bits per heavy atom. The van der Waals surface area contributed by atoms with Gasteiger partial charge in [0.2, 0.25) is 11.8 Å². The molecule has 3 aliphatic rings. The van der Waals surface area contributed by atoms with Gasteiger partial charge in [0, 0.05) is 19.1 Å². The molecule has 110 valence electrons. The molecule has 0 radical (unpaired) electrons. The number of fused-ring (bicyclic) bond motifs is 3. The summed E-state index contributed by atoms with van der Waals surface area (Å²) < 4.78 is 13.2. The summed E-state index contributed by atoms with van der Waals surface area (Å²) in [6, 6.07) is 6.41. The van der Waals surface area contributed by atoms with Crippen LogP contribution < -0.4 is 0 Å². The molecule has 4 atom stereocenters. The summed E-state index contributed by atoms with van der Waals surface area (Å²) in [4.78, 5) is 28.4. The van der Waals surface area contributed by atoms with Crippen molar-refractivity contribution in [3.8, 4) is 0 Å². The lowest BCUT2D eigenvalue weighted by Crippen LogP contribution is -2.37. The van der Waals surface area contributed by atoms with E-state index in [0.29, 0.717) is 0 Å². The average Bonchev–Trinajstić information content (AvgIpc) is 3.10. The number of nitrogens with zero attached hydrogens (tertiary/aromatic N) is 2. The van der Waals surface area contributed by atoms with Crippen LogP contribution in [0.25, 0.3) is 0 Å². The number of rotatable bonds is 1. The van der Waals surface area contributed by atoms with Gasteiger partial charge in [0.25, 0.3) is 0 Å². The van der Waals surface area contributed by atoms with E-state index in [4.69, 9.17) is 0 Å². The summed E-state index contributed by atoms with van der Waals surface area (Å²) in [5, 5.41) is 0. The second-order valence-electron chi connectivity index (χ2n) is 6.23. The summed E-state index contributed by atoms with van der Waals surface area (Å²) in [5.41, 5.74) is 0.937. The molecule has 4 nitrogen and oxygen atoms in total. The van der Waals surface area contributed by atoms with Crippen LogP contribution in [-0.4, -0.2) is 41.2 Å². The van der Waals surface area contributed by atoms with Crippen LogP contribution in [0.5, 0.6) is 0 Å². The Bertz CT molecular complexity index is 615. The van der Waals surface area contributed by atoms with Crippen molar-refractivity contribution >= 4 is 11.8 Å². The highest BCUT2D eigenvalue weighted by Crippen LogP contribution is 2.52. The second kappa shape index (κ2) is 4.37. The van der Waals surface area contributed by atoms with Gasteiger partial charge in [-0.3, -0.25) is 19.4 Å². The van der Waals surface area contributed by atoms with Crippen LogP contribution in [0.3, 0.4) is 0 Å². The Morgan fingerprint density at radius 2 is 1.76 bits per heavy atom. The molecule has 3 saturated heterocycles. The van der Waals surface area contributed by atoms with Crippen molar-refractivity contribution in [3.05, 3.63) is 35.6 Å². The predicted molar refractivity (Wildman–Crippen MR) is 73.6 cm³/mol. The molecule has 2 amide bonds. The highest BCUT2D eigenvalue weighted by Gasteiger charge is 2.62. The Hall–Kier alpha value is -1.75. The normalized spacial score (nSPS) is 35.4. The number of hydrogen-bond acceptors (Lipinski definition) is 3. The molecular weight excluding hydrogens is 271 g/mol. The molecule has 0 aliphatic carbocycles. The van der Waals surface area contributed by atoms with Crippen LogP contribution in [0.4, 0.5) is 4.39 Å². The number of imide groups is 1. The van der Waals surface area contributed by atoms with E-state index < -0.39 is 0 Å². The van der Waals surface area contributed by atoms with Gasteiger partial charge in [-0.25, -0.2) is 4.39 Å². The molecule has 3 fully saturated rings. The molecule has 0 saturated carbocycles. The number of carbonyl (C=O) groups is 2. The Balaban J connectivity index is 1.80. The fourth-order valence-corrected chi connectivity index (χ4v) is 4.41. The van der Waals surface area contributed by atoms with Crippen molar-refractivity contribution < 1.29 is 14.0 Å². The van der Waals surface area contributed by atoms with Crippen LogP contribution in [0, 0.1) is 17.7 Å². The van der Waals surface area contributed by atoms with Gasteiger partial charge in [-0.2, -0.15) is 0 Å². The molecule has 0 bridgehead atoms. The lowest BCUT2D eigenvalue weighted by Gasteiger charge is -2.28. The van der Waals surface area contributed by atoms with Gasteiger partial charge in [0.05, 0.1) is 11.8 Å². The molecule has 3 heterocycles. The molecule has 0 N–H and O–H groups in total. The number of likely N-dealkylation sites (tertiary alicyclic amines) is 1. The van der Waals surface area contributed by atoms with Gasteiger partial charge in [-0.05, 0) is 37.1 Å². The van der Waals surface area contributed by atoms with E-state index in [2.05, 4.69) is 4.90 Å². The number of benzene rings is 1. The van der Waals surface area contributed by atoms with E-state index in [1.807, 2.05) is 0 Å². The maximum atomic E-state index is 13.2. The summed E-state index contributed by atoms with van der Waals surface area (Å²) in [6.07, 6.45) is 2.02. The molecule has 4 rings (SSSR count). The van der Waals surface area contributed by atoms with Crippen molar-refractivity contribution in [3.63, 3.8) is 0 Å². The molecule has 0 unspecified atom stereocenters. The van der Waals surface area contributed by atoms with Crippen molar-refractivity contribution in [2.75, 3.05) is 13.6 Å². The van der Waals surface area contributed by atoms with E-state index in [9.17, 15) is 14.0 Å². The van der Waals surface area contributed by atoms with Gasteiger partial charge in [0.15, 0.2) is 0 Å². The monoisotopic (exact) mass is 288 g/mol. The molecule has 1 aromatic carbocycles. The highest BCUT2D eigenvalue weighted by molar-refractivity contribution is 6.06. The van der Waals surface area contributed by atoms with Crippen molar-refractivity contribution in [1.82, 2.24) is 9.80 Å². The summed E-state index contributed by atoms with van der Waals surface area (Å²) >= 11 is 0. The molecule has 5 heteroatoms. The molecule has 0 spiro atoms. The molecule has 3 aliphatic heterocycles. The summed E-state index contributed by atoms with van der Waals surface area (Å²) in [7, 11) is 1.57. The minimum absolute atomic E-state index is 0.0495. The largest absolute Gasteiger partial charge is 0.292 e. The SMILES string of the molecule is CN1C(=O)[C@@H]2[C@H](C1=O)[C@H](c1ccc(F)cc1)N1CCC[C@@H]21. The Morgan fingerprint density at radius 1 is 1.10 bits per heavy atom. The first-order valence-electron chi connectivity index (χ1n) is 7.42. The van der Waals surface area contributed by atoms with Crippen LogP contribution in [-0.2, 0) is 9.59 Å².